The van der Waals surface area contributed by atoms with Crippen LogP contribution in [0, 0.1) is 0 Å². The first kappa shape index (κ1) is 15.4. The van der Waals surface area contributed by atoms with E-state index in [-0.39, 0.29) is 0 Å². The van der Waals surface area contributed by atoms with Crippen LogP contribution in [0.25, 0.3) is 11.3 Å². The zero-order valence-corrected chi connectivity index (χ0v) is 14.0. The van der Waals surface area contributed by atoms with Crippen molar-refractivity contribution >= 4 is 23.0 Å². The molecule has 1 aliphatic heterocycles. The number of rotatable bonds is 4. The molecule has 126 valence electrons. The molecule has 1 aliphatic rings. The minimum atomic E-state index is 0.586. The number of anilines is 4. The summed E-state index contributed by atoms with van der Waals surface area (Å²) in [6.45, 7) is 2.30. The van der Waals surface area contributed by atoms with E-state index < -0.39 is 0 Å². The maximum absolute atomic E-state index is 5.75. The molecule has 2 heterocycles. The second-order valence-corrected chi connectivity index (χ2v) is 6.25. The number of nitrogens with two attached hydrogens (primary N) is 1. The monoisotopic (exact) mass is 331 g/mol. The number of hydrogen-bond donors (Lipinski definition) is 2. The quantitative estimate of drug-likeness (QED) is 0.705. The number of aromatic nitrogens is 2. The first-order valence-corrected chi connectivity index (χ1v) is 8.59. The van der Waals surface area contributed by atoms with E-state index in [1.807, 2.05) is 30.3 Å². The fraction of sp³-hybridized carbons (Fsp3) is 0.200. The zero-order chi connectivity index (χ0) is 17.1. The summed E-state index contributed by atoms with van der Waals surface area (Å²) >= 11 is 0. The van der Waals surface area contributed by atoms with Crippen molar-refractivity contribution in [1.82, 2.24) is 9.97 Å². The van der Waals surface area contributed by atoms with Crippen molar-refractivity contribution in [3.63, 3.8) is 0 Å². The first-order valence-electron chi connectivity index (χ1n) is 8.59. The SMILES string of the molecule is Nc1ccc(-c2ccnc(Nc3ccc(N4CCCC4)cc3)n2)cc1. The van der Waals surface area contributed by atoms with E-state index in [0.29, 0.717) is 5.95 Å². The van der Waals surface area contributed by atoms with Crippen LogP contribution in [0.15, 0.2) is 60.8 Å². The van der Waals surface area contributed by atoms with Crippen molar-refractivity contribution in [1.29, 1.82) is 0 Å². The normalized spacial score (nSPS) is 13.8. The Bertz CT molecular complexity index is 837. The van der Waals surface area contributed by atoms with Gasteiger partial charge in [0.1, 0.15) is 0 Å². The minimum absolute atomic E-state index is 0.586. The van der Waals surface area contributed by atoms with Gasteiger partial charge in [0.25, 0.3) is 0 Å². The summed E-state index contributed by atoms with van der Waals surface area (Å²) in [6.07, 6.45) is 4.33. The van der Waals surface area contributed by atoms with Crippen LogP contribution in [-0.4, -0.2) is 23.1 Å². The average Bonchev–Trinajstić information content (AvgIpc) is 3.18. The largest absolute Gasteiger partial charge is 0.399 e. The Morgan fingerprint density at radius 3 is 2.32 bits per heavy atom. The molecule has 0 radical (unpaired) electrons. The Kier molecular flexibility index (Phi) is 4.21. The molecule has 5 heteroatoms. The molecule has 1 saturated heterocycles. The standard InChI is InChI=1S/C20H21N5/c21-16-5-3-15(4-6-16)19-11-12-22-20(24-19)23-17-7-9-18(10-8-17)25-13-1-2-14-25/h3-12H,1-2,13-14,21H2,(H,22,23,24). The second-order valence-electron chi connectivity index (χ2n) is 6.25. The van der Waals surface area contributed by atoms with Crippen molar-refractivity contribution in [3.05, 3.63) is 60.8 Å². The fourth-order valence-electron chi connectivity index (χ4n) is 3.09. The molecule has 0 atom stereocenters. The maximum Gasteiger partial charge on any atom is 0.227 e. The topological polar surface area (TPSA) is 67.1 Å². The van der Waals surface area contributed by atoms with Crippen LogP contribution in [0.5, 0.6) is 0 Å². The molecule has 0 saturated carbocycles. The highest BCUT2D eigenvalue weighted by atomic mass is 15.1. The Morgan fingerprint density at radius 1 is 0.880 bits per heavy atom. The highest BCUT2D eigenvalue weighted by Gasteiger charge is 2.12. The number of nitrogen functional groups attached to an aromatic ring is 1. The predicted molar refractivity (Wildman–Crippen MR) is 103 cm³/mol. The molecule has 5 nitrogen and oxygen atoms in total. The van der Waals surface area contributed by atoms with Crippen LogP contribution >= 0.6 is 0 Å². The Hall–Kier alpha value is -3.08. The number of nitrogens with one attached hydrogen (secondary N) is 1. The average molecular weight is 331 g/mol. The molecule has 1 aromatic heterocycles. The van der Waals surface area contributed by atoms with Crippen molar-refractivity contribution in [3.8, 4) is 11.3 Å². The van der Waals surface area contributed by atoms with Crippen molar-refractivity contribution in [2.24, 2.45) is 0 Å². The lowest BCUT2D eigenvalue weighted by atomic mass is 10.1. The van der Waals surface area contributed by atoms with Crippen LogP contribution in [-0.2, 0) is 0 Å². The molecular formula is C20H21N5. The van der Waals surface area contributed by atoms with Crippen molar-refractivity contribution in [2.45, 2.75) is 12.8 Å². The third kappa shape index (κ3) is 3.55. The fourth-order valence-corrected chi connectivity index (χ4v) is 3.09. The molecule has 0 amide bonds. The summed E-state index contributed by atoms with van der Waals surface area (Å²) in [7, 11) is 0. The maximum atomic E-state index is 5.75. The van der Waals surface area contributed by atoms with Gasteiger partial charge >= 0.3 is 0 Å². The minimum Gasteiger partial charge on any atom is -0.399 e. The summed E-state index contributed by atoms with van der Waals surface area (Å²) in [4.78, 5) is 11.3. The van der Waals surface area contributed by atoms with Gasteiger partial charge in [-0.05, 0) is 55.3 Å². The lowest BCUT2D eigenvalue weighted by Gasteiger charge is -2.17. The van der Waals surface area contributed by atoms with Gasteiger partial charge in [-0.2, -0.15) is 0 Å². The van der Waals surface area contributed by atoms with E-state index in [1.165, 1.54) is 18.5 Å². The van der Waals surface area contributed by atoms with Crippen LogP contribution in [0.3, 0.4) is 0 Å². The number of benzene rings is 2. The summed E-state index contributed by atoms with van der Waals surface area (Å²) in [5.41, 5.74) is 10.6. The van der Waals surface area contributed by atoms with Crippen LogP contribution < -0.4 is 16.0 Å². The Morgan fingerprint density at radius 2 is 1.60 bits per heavy atom. The zero-order valence-electron chi connectivity index (χ0n) is 14.0. The van der Waals surface area contributed by atoms with E-state index in [9.17, 15) is 0 Å². The predicted octanol–water partition coefficient (Wildman–Crippen LogP) is 4.07. The van der Waals surface area contributed by atoms with Crippen molar-refractivity contribution < 1.29 is 0 Å². The van der Waals surface area contributed by atoms with Gasteiger partial charge in [0, 0.05) is 41.9 Å². The molecule has 25 heavy (non-hydrogen) atoms. The molecular weight excluding hydrogens is 310 g/mol. The molecule has 3 N–H and O–H groups in total. The smallest absolute Gasteiger partial charge is 0.227 e. The summed E-state index contributed by atoms with van der Waals surface area (Å²) in [5, 5.41) is 3.28. The summed E-state index contributed by atoms with van der Waals surface area (Å²) in [6, 6.07) is 18.0. The molecule has 3 aromatic rings. The van der Waals surface area contributed by atoms with E-state index >= 15 is 0 Å². The van der Waals surface area contributed by atoms with Gasteiger partial charge in [0.15, 0.2) is 0 Å². The molecule has 0 aliphatic carbocycles. The molecule has 0 spiro atoms. The highest BCUT2D eigenvalue weighted by Crippen LogP contribution is 2.24. The van der Waals surface area contributed by atoms with Gasteiger partial charge in [-0.25, -0.2) is 9.97 Å². The second kappa shape index (κ2) is 6.81. The van der Waals surface area contributed by atoms with Crippen LogP contribution in [0.1, 0.15) is 12.8 Å². The van der Waals surface area contributed by atoms with Crippen molar-refractivity contribution in [2.75, 3.05) is 29.0 Å². The Balaban J connectivity index is 1.50. The van der Waals surface area contributed by atoms with E-state index in [0.717, 1.165) is 35.7 Å². The lowest BCUT2D eigenvalue weighted by Crippen LogP contribution is -2.17. The summed E-state index contributed by atoms with van der Waals surface area (Å²) < 4.78 is 0. The van der Waals surface area contributed by atoms with E-state index in [4.69, 9.17) is 5.73 Å². The van der Waals surface area contributed by atoms with E-state index in [1.54, 1.807) is 6.20 Å². The molecule has 1 fully saturated rings. The summed E-state index contributed by atoms with van der Waals surface area (Å²) in [5.74, 6) is 0.586. The molecule has 4 rings (SSSR count). The van der Waals surface area contributed by atoms with Gasteiger partial charge < -0.3 is 16.0 Å². The van der Waals surface area contributed by atoms with Crippen LogP contribution in [0.4, 0.5) is 23.0 Å². The molecule has 0 unspecified atom stereocenters. The highest BCUT2D eigenvalue weighted by molar-refractivity contribution is 5.64. The third-order valence-electron chi connectivity index (χ3n) is 4.46. The molecule has 0 bridgehead atoms. The third-order valence-corrected chi connectivity index (χ3v) is 4.46. The van der Waals surface area contributed by atoms with Gasteiger partial charge in [-0.15, -0.1) is 0 Å². The number of nitrogens with zero attached hydrogens (tertiary/aromatic N) is 3. The molecule has 2 aromatic carbocycles. The first-order chi connectivity index (χ1) is 12.3. The van der Waals surface area contributed by atoms with Gasteiger partial charge in [0.2, 0.25) is 5.95 Å². The Labute approximate surface area is 147 Å². The van der Waals surface area contributed by atoms with Gasteiger partial charge in [-0.3, -0.25) is 0 Å². The van der Waals surface area contributed by atoms with Gasteiger partial charge in [-0.1, -0.05) is 12.1 Å². The van der Waals surface area contributed by atoms with E-state index in [2.05, 4.69) is 44.5 Å². The lowest BCUT2D eigenvalue weighted by molar-refractivity contribution is 0.949. The number of hydrogen-bond acceptors (Lipinski definition) is 5. The van der Waals surface area contributed by atoms with Gasteiger partial charge in [0.05, 0.1) is 5.69 Å². The van der Waals surface area contributed by atoms with Crippen LogP contribution in [0.2, 0.25) is 0 Å².